The number of aliphatic hydroxyl groups is 3. The molecule has 0 aliphatic heterocycles. The van der Waals surface area contributed by atoms with Crippen LogP contribution < -0.4 is 0 Å². The highest BCUT2D eigenvalue weighted by molar-refractivity contribution is 6.30. The van der Waals surface area contributed by atoms with E-state index in [0.717, 1.165) is 0 Å². The summed E-state index contributed by atoms with van der Waals surface area (Å²) in [7, 11) is 0. The predicted octanol–water partition coefficient (Wildman–Crippen LogP) is 0.727. The van der Waals surface area contributed by atoms with E-state index in [0.29, 0.717) is 10.6 Å². The summed E-state index contributed by atoms with van der Waals surface area (Å²) in [5, 5.41) is 27.7. The molecule has 13 heavy (non-hydrogen) atoms. The average Bonchev–Trinajstić information content (AvgIpc) is 2.17. The van der Waals surface area contributed by atoms with E-state index in [1.54, 1.807) is 24.3 Å². The van der Waals surface area contributed by atoms with Crippen molar-refractivity contribution in [3.05, 3.63) is 34.9 Å². The molecule has 1 aromatic carbocycles. The van der Waals surface area contributed by atoms with Crippen molar-refractivity contribution in [1.82, 2.24) is 0 Å². The van der Waals surface area contributed by atoms with E-state index in [9.17, 15) is 5.11 Å². The molecule has 1 rings (SSSR count). The summed E-state index contributed by atoms with van der Waals surface area (Å²) in [6.45, 7) is -0.468. The van der Waals surface area contributed by atoms with Crippen LogP contribution in [0, 0.1) is 0 Å². The predicted molar refractivity (Wildman–Crippen MR) is 49.5 cm³/mol. The van der Waals surface area contributed by atoms with Crippen LogP contribution in [-0.4, -0.2) is 28.0 Å². The Morgan fingerprint density at radius 3 is 2.15 bits per heavy atom. The van der Waals surface area contributed by atoms with Gasteiger partial charge in [0.05, 0.1) is 6.61 Å². The van der Waals surface area contributed by atoms with Gasteiger partial charge in [-0.25, -0.2) is 0 Å². The zero-order valence-corrected chi connectivity index (χ0v) is 7.65. The van der Waals surface area contributed by atoms with Crippen LogP contribution in [0.25, 0.3) is 0 Å². The second-order valence-electron chi connectivity index (χ2n) is 2.75. The largest absolute Gasteiger partial charge is 0.394 e. The van der Waals surface area contributed by atoms with E-state index in [4.69, 9.17) is 21.8 Å². The molecule has 0 aliphatic carbocycles. The van der Waals surface area contributed by atoms with Crippen molar-refractivity contribution in [3.63, 3.8) is 0 Å². The van der Waals surface area contributed by atoms with Crippen molar-refractivity contribution in [2.45, 2.75) is 12.2 Å². The number of halogens is 1. The lowest BCUT2D eigenvalue weighted by atomic mass is 10.1. The lowest BCUT2D eigenvalue weighted by Gasteiger charge is -2.15. The fourth-order valence-electron chi connectivity index (χ4n) is 0.982. The molecule has 72 valence electrons. The Hall–Kier alpha value is -0.610. The van der Waals surface area contributed by atoms with Gasteiger partial charge in [-0.2, -0.15) is 0 Å². The molecule has 0 bridgehead atoms. The van der Waals surface area contributed by atoms with Crippen molar-refractivity contribution in [3.8, 4) is 0 Å². The minimum atomic E-state index is -1.15. The summed E-state index contributed by atoms with van der Waals surface area (Å²) in [4.78, 5) is 0. The molecule has 0 amide bonds. The standard InChI is InChI=1S/C9H11ClO3/c10-7-3-1-6(2-4-7)9(13)8(12)5-11/h1-4,8-9,11-13H,5H2/t8-,9+/m1/s1. The van der Waals surface area contributed by atoms with Gasteiger partial charge in [0.15, 0.2) is 0 Å². The molecule has 0 saturated heterocycles. The molecule has 0 unspecified atom stereocenters. The van der Waals surface area contributed by atoms with E-state index in [-0.39, 0.29) is 0 Å². The molecule has 4 heteroatoms. The zero-order valence-electron chi connectivity index (χ0n) is 6.89. The Morgan fingerprint density at radius 1 is 1.15 bits per heavy atom. The lowest BCUT2D eigenvalue weighted by Crippen LogP contribution is -2.21. The van der Waals surface area contributed by atoms with E-state index in [2.05, 4.69) is 0 Å². The van der Waals surface area contributed by atoms with Crippen molar-refractivity contribution in [2.75, 3.05) is 6.61 Å². The van der Waals surface area contributed by atoms with Crippen molar-refractivity contribution < 1.29 is 15.3 Å². The molecule has 0 saturated carbocycles. The summed E-state index contributed by atoms with van der Waals surface area (Å²) in [6.07, 6.45) is -2.22. The van der Waals surface area contributed by atoms with Crippen LogP contribution in [0.2, 0.25) is 5.02 Å². The monoisotopic (exact) mass is 202 g/mol. The van der Waals surface area contributed by atoms with E-state index in [1.807, 2.05) is 0 Å². The second-order valence-corrected chi connectivity index (χ2v) is 3.18. The molecule has 0 radical (unpaired) electrons. The van der Waals surface area contributed by atoms with Crippen LogP contribution in [0.4, 0.5) is 0 Å². The Bertz CT molecular complexity index is 260. The van der Waals surface area contributed by atoms with Gasteiger partial charge in [0, 0.05) is 5.02 Å². The maximum Gasteiger partial charge on any atom is 0.107 e. The maximum absolute atomic E-state index is 9.43. The third kappa shape index (κ3) is 2.67. The average molecular weight is 203 g/mol. The Labute approximate surface area is 81.2 Å². The number of rotatable bonds is 3. The van der Waals surface area contributed by atoms with Crippen LogP contribution in [0.3, 0.4) is 0 Å². The smallest absolute Gasteiger partial charge is 0.107 e. The summed E-state index contributed by atoms with van der Waals surface area (Å²) >= 11 is 5.64. The van der Waals surface area contributed by atoms with Crippen LogP contribution >= 0.6 is 11.6 Å². The highest BCUT2D eigenvalue weighted by Gasteiger charge is 2.16. The van der Waals surface area contributed by atoms with Gasteiger partial charge in [0.25, 0.3) is 0 Å². The first-order chi connectivity index (χ1) is 6.15. The molecular formula is C9H11ClO3. The van der Waals surface area contributed by atoms with E-state index in [1.165, 1.54) is 0 Å². The van der Waals surface area contributed by atoms with Gasteiger partial charge in [-0.3, -0.25) is 0 Å². The normalized spacial score (nSPS) is 15.4. The SMILES string of the molecule is OC[C@@H](O)[C@@H](O)c1ccc(Cl)cc1. The molecule has 2 atom stereocenters. The first kappa shape index (κ1) is 10.5. The van der Waals surface area contributed by atoms with Crippen molar-refractivity contribution in [1.29, 1.82) is 0 Å². The molecule has 0 fully saturated rings. The van der Waals surface area contributed by atoms with Crippen LogP contribution in [0.15, 0.2) is 24.3 Å². The zero-order chi connectivity index (χ0) is 9.84. The minimum absolute atomic E-state index is 0.468. The van der Waals surface area contributed by atoms with E-state index < -0.39 is 18.8 Å². The van der Waals surface area contributed by atoms with Gasteiger partial charge in [-0.1, -0.05) is 23.7 Å². The summed E-state index contributed by atoms with van der Waals surface area (Å²) in [5.41, 5.74) is 0.533. The third-order valence-corrected chi connectivity index (χ3v) is 2.02. The number of benzene rings is 1. The van der Waals surface area contributed by atoms with Crippen LogP contribution in [0.1, 0.15) is 11.7 Å². The fraction of sp³-hybridized carbons (Fsp3) is 0.333. The molecule has 0 heterocycles. The number of hydrogen-bond acceptors (Lipinski definition) is 3. The second kappa shape index (κ2) is 4.58. The molecule has 1 aromatic rings. The van der Waals surface area contributed by atoms with E-state index >= 15 is 0 Å². The van der Waals surface area contributed by atoms with Gasteiger partial charge in [0.1, 0.15) is 12.2 Å². The van der Waals surface area contributed by atoms with Gasteiger partial charge >= 0.3 is 0 Å². The molecule has 0 aliphatic rings. The lowest BCUT2D eigenvalue weighted by molar-refractivity contribution is -0.0152. The Morgan fingerprint density at radius 2 is 1.69 bits per heavy atom. The van der Waals surface area contributed by atoms with Gasteiger partial charge in [-0.05, 0) is 17.7 Å². The summed E-state index contributed by atoms with van der Waals surface area (Å²) in [5.74, 6) is 0. The Balaban J connectivity index is 2.77. The number of hydrogen-bond donors (Lipinski definition) is 3. The quantitative estimate of drug-likeness (QED) is 0.677. The Kier molecular flexibility index (Phi) is 3.69. The first-order valence-corrected chi connectivity index (χ1v) is 4.25. The minimum Gasteiger partial charge on any atom is -0.394 e. The maximum atomic E-state index is 9.43. The fourth-order valence-corrected chi connectivity index (χ4v) is 1.11. The van der Waals surface area contributed by atoms with Crippen LogP contribution in [-0.2, 0) is 0 Å². The summed E-state index contributed by atoms with van der Waals surface area (Å²) < 4.78 is 0. The van der Waals surface area contributed by atoms with Gasteiger partial charge < -0.3 is 15.3 Å². The topological polar surface area (TPSA) is 60.7 Å². The first-order valence-electron chi connectivity index (χ1n) is 3.87. The van der Waals surface area contributed by atoms with Gasteiger partial charge in [0.2, 0.25) is 0 Å². The molecule has 3 nitrogen and oxygen atoms in total. The summed E-state index contributed by atoms with van der Waals surface area (Å²) in [6, 6.07) is 6.44. The third-order valence-electron chi connectivity index (χ3n) is 1.76. The molecular weight excluding hydrogens is 192 g/mol. The molecule has 0 spiro atoms. The van der Waals surface area contributed by atoms with Crippen LogP contribution in [0.5, 0.6) is 0 Å². The molecule has 0 aromatic heterocycles. The highest BCUT2D eigenvalue weighted by Crippen LogP contribution is 2.18. The molecule has 3 N–H and O–H groups in total. The van der Waals surface area contributed by atoms with Crippen molar-refractivity contribution >= 4 is 11.6 Å². The highest BCUT2D eigenvalue weighted by atomic mass is 35.5. The van der Waals surface area contributed by atoms with Gasteiger partial charge in [-0.15, -0.1) is 0 Å². The van der Waals surface area contributed by atoms with Crippen molar-refractivity contribution in [2.24, 2.45) is 0 Å². The number of aliphatic hydroxyl groups excluding tert-OH is 3.